The van der Waals surface area contributed by atoms with Crippen LogP contribution in [0.25, 0.3) is 0 Å². The molecule has 0 aliphatic heterocycles. The fourth-order valence-electron chi connectivity index (χ4n) is 2.14. The van der Waals surface area contributed by atoms with Gasteiger partial charge in [-0.15, -0.1) is 0 Å². The van der Waals surface area contributed by atoms with Gasteiger partial charge in [-0.25, -0.2) is 4.79 Å². The average Bonchev–Trinajstić information content (AvgIpc) is 2.26. The van der Waals surface area contributed by atoms with Crippen molar-refractivity contribution in [1.82, 2.24) is 0 Å². The van der Waals surface area contributed by atoms with Crippen LogP contribution in [0.4, 0.5) is 11.4 Å². The van der Waals surface area contributed by atoms with Gasteiger partial charge in [0, 0.05) is 16.1 Å². The predicted molar refractivity (Wildman–Crippen MR) is 73.4 cm³/mol. The molecule has 0 atom stereocenters. The molecule has 0 saturated heterocycles. The number of nitro benzene ring substituents is 1. The Morgan fingerprint density at radius 2 is 2.16 bits per heavy atom. The first-order valence-electron chi connectivity index (χ1n) is 5.82. The van der Waals surface area contributed by atoms with Crippen LogP contribution in [-0.4, -0.2) is 21.5 Å². The minimum absolute atomic E-state index is 0.00964. The molecule has 0 unspecified atom stereocenters. The van der Waals surface area contributed by atoms with Crippen molar-refractivity contribution in [3.8, 4) is 0 Å². The van der Waals surface area contributed by atoms with Gasteiger partial charge in [-0.1, -0.05) is 0 Å². The largest absolute Gasteiger partial charge is 0.480 e. The van der Waals surface area contributed by atoms with E-state index in [0.717, 1.165) is 6.42 Å². The number of nitrogens with zero attached hydrogens (tertiary/aromatic N) is 1. The highest BCUT2D eigenvalue weighted by atomic mass is 79.9. The normalized spacial score (nSPS) is 16.5. The highest BCUT2D eigenvalue weighted by Crippen LogP contribution is 2.39. The summed E-state index contributed by atoms with van der Waals surface area (Å²) >= 11 is 3.24. The highest BCUT2D eigenvalue weighted by Gasteiger charge is 2.44. The van der Waals surface area contributed by atoms with E-state index in [9.17, 15) is 20.0 Å². The second kappa shape index (κ2) is 4.80. The summed E-state index contributed by atoms with van der Waals surface area (Å²) in [5, 5.41) is 23.1. The molecule has 1 fully saturated rings. The van der Waals surface area contributed by atoms with Gasteiger partial charge < -0.3 is 10.4 Å². The molecule has 1 aromatic rings. The quantitative estimate of drug-likeness (QED) is 0.654. The van der Waals surface area contributed by atoms with Crippen molar-refractivity contribution in [2.45, 2.75) is 31.7 Å². The fraction of sp³-hybridized carbons (Fsp3) is 0.417. The third-order valence-corrected chi connectivity index (χ3v) is 4.13. The van der Waals surface area contributed by atoms with E-state index in [-0.39, 0.29) is 5.69 Å². The standard InChI is InChI=1S/C12H13BrN2O4/c1-7-5-9(8(13)6-10(7)15(18)19)14-12(11(16)17)3-2-4-12/h5-6,14H,2-4H2,1H3,(H,16,17). The molecule has 7 heteroatoms. The maximum absolute atomic E-state index is 11.3. The van der Waals surface area contributed by atoms with Crippen LogP contribution in [0.2, 0.25) is 0 Å². The number of hydrogen-bond donors (Lipinski definition) is 2. The van der Waals surface area contributed by atoms with E-state index in [0.29, 0.717) is 28.6 Å². The number of rotatable bonds is 4. The highest BCUT2D eigenvalue weighted by molar-refractivity contribution is 9.10. The molecule has 1 aliphatic carbocycles. The van der Waals surface area contributed by atoms with Crippen molar-refractivity contribution in [1.29, 1.82) is 0 Å². The molecule has 0 spiro atoms. The summed E-state index contributed by atoms with van der Waals surface area (Å²) in [5.41, 5.74) is 0.140. The zero-order valence-corrected chi connectivity index (χ0v) is 11.9. The number of carboxylic acids is 1. The smallest absolute Gasteiger partial charge is 0.329 e. The molecule has 19 heavy (non-hydrogen) atoms. The SMILES string of the molecule is Cc1cc(NC2(C(=O)O)CCC2)c(Br)cc1[N+](=O)[O-]. The van der Waals surface area contributed by atoms with E-state index < -0.39 is 16.4 Å². The van der Waals surface area contributed by atoms with Crippen LogP contribution in [0, 0.1) is 17.0 Å². The zero-order chi connectivity index (χ0) is 14.2. The maximum Gasteiger partial charge on any atom is 0.329 e. The fourth-order valence-corrected chi connectivity index (χ4v) is 2.57. The van der Waals surface area contributed by atoms with Gasteiger partial charge in [0.15, 0.2) is 0 Å². The minimum atomic E-state index is -0.939. The first kappa shape index (κ1) is 13.8. The predicted octanol–water partition coefficient (Wildman–Crippen LogP) is 3.08. The Kier molecular flexibility index (Phi) is 3.49. The number of aliphatic carboxylic acids is 1. The van der Waals surface area contributed by atoms with E-state index in [4.69, 9.17) is 0 Å². The number of aryl methyl sites for hydroxylation is 1. The van der Waals surface area contributed by atoms with Gasteiger partial charge in [-0.3, -0.25) is 10.1 Å². The lowest BCUT2D eigenvalue weighted by atomic mass is 9.76. The van der Waals surface area contributed by atoms with Crippen LogP contribution in [0.15, 0.2) is 16.6 Å². The average molecular weight is 329 g/mol. The monoisotopic (exact) mass is 328 g/mol. The van der Waals surface area contributed by atoms with Crippen LogP contribution in [0.1, 0.15) is 24.8 Å². The Labute approximate surface area is 118 Å². The number of nitrogens with one attached hydrogen (secondary N) is 1. The molecule has 1 aliphatic rings. The molecule has 0 bridgehead atoms. The summed E-state index contributed by atoms with van der Waals surface area (Å²) in [4.78, 5) is 21.7. The molecule has 0 aromatic heterocycles. The van der Waals surface area contributed by atoms with E-state index in [1.165, 1.54) is 6.07 Å². The Balaban J connectivity index is 2.34. The lowest BCUT2D eigenvalue weighted by Crippen LogP contribution is -2.52. The number of hydrogen-bond acceptors (Lipinski definition) is 4. The Morgan fingerprint density at radius 3 is 2.58 bits per heavy atom. The van der Waals surface area contributed by atoms with Crippen molar-refractivity contribution in [2.24, 2.45) is 0 Å². The molecule has 2 N–H and O–H groups in total. The topological polar surface area (TPSA) is 92.5 Å². The first-order valence-corrected chi connectivity index (χ1v) is 6.61. The van der Waals surface area contributed by atoms with Crippen molar-refractivity contribution in [3.05, 3.63) is 32.3 Å². The number of anilines is 1. The zero-order valence-electron chi connectivity index (χ0n) is 10.3. The van der Waals surface area contributed by atoms with Crippen molar-refractivity contribution in [3.63, 3.8) is 0 Å². The van der Waals surface area contributed by atoms with Gasteiger partial charge in [-0.2, -0.15) is 0 Å². The van der Waals surface area contributed by atoms with Crippen LogP contribution in [0.5, 0.6) is 0 Å². The van der Waals surface area contributed by atoms with Crippen LogP contribution in [-0.2, 0) is 4.79 Å². The summed E-state index contributed by atoms with van der Waals surface area (Å²) in [5.74, 6) is -0.887. The molecular weight excluding hydrogens is 316 g/mol. The second-order valence-electron chi connectivity index (χ2n) is 4.74. The lowest BCUT2D eigenvalue weighted by Gasteiger charge is -2.39. The Morgan fingerprint density at radius 1 is 1.53 bits per heavy atom. The lowest BCUT2D eigenvalue weighted by molar-refractivity contribution is -0.385. The Bertz CT molecular complexity index is 555. The molecule has 6 nitrogen and oxygen atoms in total. The van der Waals surface area contributed by atoms with E-state index in [2.05, 4.69) is 21.2 Å². The molecule has 102 valence electrons. The van der Waals surface area contributed by atoms with Gasteiger partial charge >= 0.3 is 5.97 Å². The number of carbonyl (C=O) groups is 1. The summed E-state index contributed by atoms with van der Waals surface area (Å²) in [7, 11) is 0. The summed E-state index contributed by atoms with van der Waals surface area (Å²) in [6, 6.07) is 3.00. The van der Waals surface area contributed by atoms with Crippen molar-refractivity contribution >= 4 is 33.3 Å². The third-order valence-electron chi connectivity index (χ3n) is 3.47. The maximum atomic E-state index is 11.3. The number of benzene rings is 1. The van der Waals surface area contributed by atoms with Crippen LogP contribution in [0.3, 0.4) is 0 Å². The summed E-state index contributed by atoms with van der Waals surface area (Å²) < 4.78 is 0.498. The molecule has 1 aromatic carbocycles. The summed E-state index contributed by atoms with van der Waals surface area (Å²) in [6.45, 7) is 1.63. The van der Waals surface area contributed by atoms with Gasteiger partial charge in [0.2, 0.25) is 0 Å². The molecule has 0 radical (unpaired) electrons. The van der Waals surface area contributed by atoms with Gasteiger partial charge in [-0.05, 0) is 48.2 Å². The van der Waals surface area contributed by atoms with Crippen LogP contribution < -0.4 is 5.32 Å². The van der Waals surface area contributed by atoms with Gasteiger partial charge in [0.25, 0.3) is 5.69 Å². The van der Waals surface area contributed by atoms with Crippen molar-refractivity contribution in [2.75, 3.05) is 5.32 Å². The number of halogens is 1. The molecule has 0 amide bonds. The summed E-state index contributed by atoms with van der Waals surface area (Å²) in [6.07, 6.45) is 1.98. The molecule has 2 rings (SSSR count). The van der Waals surface area contributed by atoms with Crippen molar-refractivity contribution < 1.29 is 14.8 Å². The molecule has 0 heterocycles. The number of nitro groups is 1. The first-order chi connectivity index (χ1) is 8.85. The van der Waals surface area contributed by atoms with Gasteiger partial charge in [0.1, 0.15) is 5.54 Å². The van der Waals surface area contributed by atoms with E-state index >= 15 is 0 Å². The molecule has 1 saturated carbocycles. The van der Waals surface area contributed by atoms with E-state index in [1.807, 2.05) is 0 Å². The molecular formula is C12H13BrN2O4. The number of carboxylic acid groups (broad SMARTS) is 1. The second-order valence-corrected chi connectivity index (χ2v) is 5.60. The Hall–Kier alpha value is -1.63. The third kappa shape index (κ3) is 2.42. The minimum Gasteiger partial charge on any atom is -0.480 e. The van der Waals surface area contributed by atoms with E-state index in [1.54, 1.807) is 13.0 Å². The van der Waals surface area contributed by atoms with Gasteiger partial charge in [0.05, 0.1) is 10.6 Å². The van der Waals surface area contributed by atoms with Crippen LogP contribution >= 0.6 is 15.9 Å².